The van der Waals surface area contributed by atoms with Crippen molar-refractivity contribution in [1.82, 2.24) is 5.32 Å². The van der Waals surface area contributed by atoms with Crippen LogP contribution in [0.25, 0.3) is 0 Å². The molecule has 6 heteroatoms. The zero-order valence-corrected chi connectivity index (χ0v) is 14.7. The second kappa shape index (κ2) is 8.21. The van der Waals surface area contributed by atoms with Crippen molar-refractivity contribution in [2.75, 3.05) is 11.9 Å². The fourth-order valence-corrected chi connectivity index (χ4v) is 2.80. The van der Waals surface area contributed by atoms with Gasteiger partial charge < -0.3 is 9.73 Å². The Morgan fingerprint density at radius 2 is 1.84 bits per heavy atom. The molecule has 3 aromatic rings. The third-order valence-corrected chi connectivity index (χ3v) is 4.19. The minimum Gasteiger partial charge on any atom is -0.467 e. The normalized spacial score (nSPS) is 11.9. The topological polar surface area (TPSA) is 54.3 Å². The quantitative estimate of drug-likeness (QED) is 0.644. The number of carbonyl (C=O) groups excluding carboxylic acids is 1. The lowest BCUT2D eigenvalue weighted by molar-refractivity contribution is -0.115. The molecule has 25 heavy (non-hydrogen) atoms. The minimum absolute atomic E-state index is 0.0864. The standard InChI is InChI=1S/C19H16Cl2N2O2/c20-14-8-9-15(21)16(11-14)23-18(24)12-22-19(17-7-4-10-25-17)13-5-2-1-3-6-13/h1-11,19,22H,12H2,(H,23,24)/t19-/m1/s1. The van der Waals surface area contributed by atoms with Gasteiger partial charge in [-0.05, 0) is 35.9 Å². The van der Waals surface area contributed by atoms with Crippen LogP contribution in [0.4, 0.5) is 5.69 Å². The molecule has 0 aliphatic rings. The predicted molar refractivity (Wildman–Crippen MR) is 100 cm³/mol. The highest BCUT2D eigenvalue weighted by molar-refractivity contribution is 6.35. The van der Waals surface area contributed by atoms with Gasteiger partial charge in [-0.2, -0.15) is 0 Å². The third kappa shape index (κ3) is 4.63. The Morgan fingerprint density at radius 1 is 1.04 bits per heavy atom. The summed E-state index contributed by atoms with van der Waals surface area (Å²) in [6.07, 6.45) is 1.61. The molecular weight excluding hydrogens is 359 g/mol. The zero-order valence-electron chi connectivity index (χ0n) is 13.2. The van der Waals surface area contributed by atoms with E-state index < -0.39 is 0 Å². The lowest BCUT2D eigenvalue weighted by Gasteiger charge is -2.17. The van der Waals surface area contributed by atoms with E-state index in [2.05, 4.69) is 10.6 Å². The number of halogens is 2. The van der Waals surface area contributed by atoms with E-state index in [0.717, 1.165) is 11.3 Å². The number of hydrogen-bond acceptors (Lipinski definition) is 3. The lowest BCUT2D eigenvalue weighted by Crippen LogP contribution is -2.31. The molecule has 1 aromatic heterocycles. The average molecular weight is 375 g/mol. The lowest BCUT2D eigenvalue weighted by atomic mass is 10.0. The molecule has 2 N–H and O–H groups in total. The van der Waals surface area contributed by atoms with Crippen molar-refractivity contribution < 1.29 is 9.21 Å². The van der Waals surface area contributed by atoms with Gasteiger partial charge in [-0.25, -0.2) is 0 Å². The molecule has 4 nitrogen and oxygen atoms in total. The summed E-state index contributed by atoms with van der Waals surface area (Å²) in [5, 5.41) is 6.90. The largest absolute Gasteiger partial charge is 0.467 e. The molecule has 0 fully saturated rings. The highest BCUT2D eigenvalue weighted by atomic mass is 35.5. The Balaban J connectivity index is 1.69. The molecule has 0 bridgehead atoms. The van der Waals surface area contributed by atoms with E-state index >= 15 is 0 Å². The molecule has 0 radical (unpaired) electrons. The molecule has 3 rings (SSSR count). The Bertz CT molecular complexity index is 836. The van der Waals surface area contributed by atoms with Crippen LogP contribution in [0.15, 0.2) is 71.3 Å². The number of furan rings is 1. The van der Waals surface area contributed by atoms with Crippen LogP contribution in [0.2, 0.25) is 10.0 Å². The van der Waals surface area contributed by atoms with Gasteiger partial charge in [0.25, 0.3) is 0 Å². The van der Waals surface area contributed by atoms with Gasteiger partial charge >= 0.3 is 0 Å². The maximum absolute atomic E-state index is 12.3. The summed E-state index contributed by atoms with van der Waals surface area (Å²) in [5.41, 5.74) is 1.49. The van der Waals surface area contributed by atoms with Crippen molar-refractivity contribution in [1.29, 1.82) is 0 Å². The van der Waals surface area contributed by atoms with E-state index in [4.69, 9.17) is 27.6 Å². The molecule has 1 atom stereocenters. The maximum Gasteiger partial charge on any atom is 0.238 e. The molecule has 0 saturated carbocycles. The van der Waals surface area contributed by atoms with Gasteiger partial charge in [0.05, 0.1) is 29.6 Å². The second-order valence-electron chi connectivity index (χ2n) is 5.41. The van der Waals surface area contributed by atoms with Crippen LogP contribution in [0.1, 0.15) is 17.4 Å². The van der Waals surface area contributed by atoms with Gasteiger partial charge in [-0.1, -0.05) is 53.5 Å². The van der Waals surface area contributed by atoms with Gasteiger partial charge in [0.15, 0.2) is 0 Å². The molecule has 0 aliphatic heterocycles. The highest BCUT2D eigenvalue weighted by Gasteiger charge is 2.17. The van der Waals surface area contributed by atoms with Gasteiger partial charge in [-0.3, -0.25) is 10.1 Å². The smallest absolute Gasteiger partial charge is 0.238 e. The number of hydrogen-bond donors (Lipinski definition) is 2. The van der Waals surface area contributed by atoms with E-state index in [9.17, 15) is 4.79 Å². The fourth-order valence-electron chi connectivity index (χ4n) is 2.47. The molecule has 1 heterocycles. The summed E-state index contributed by atoms with van der Waals surface area (Å²) in [6, 6.07) is 18.2. The summed E-state index contributed by atoms with van der Waals surface area (Å²) in [4.78, 5) is 12.3. The summed E-state index contributed by atoms with van der Waals surface area (Å²) in [7, 11) is 0. The fraction of sp³-hybridized carbons (Fsp3) is 0.105. The highest BCUT2D eigenvalue weighted by Crippen LogP contribution is 2.25. The monoisotopic (exact) mass is 374 g/mol. The minimum atomic E-state index is -0.225. The molecule has 0 saturated heterocycles. The summed E-state index contributed by atoms with van der Waals surface area (Å²) >= 11 is 12.0. The van der Waals surface area contributed by atoms with Crippen LogP contribution in [-0.2, 0) is 4.79 Å². The van der Waals surface area contributed by atoms with E-state index in [1.54, 1.807) is 24.5 Å². The van der Waals surface area contributed by atoms with Crippen molar-refractivity contribution in [3.05, 3.63) is 88.3 Å². The van der Waals surface area contributed by atoms with Gasteiger partial charge in [0.1, 0.15) is 5.76 Å². The van der Waals surface area contributed by atoms with Crippen molar-refractivity contribution in [3.8, 4) is 0 Å². The molecule has 0 unspecified atom stereocenters. The average Bonchev–Trinajstić information content (AvgIpc) is 3.14. The second-order valence-corrected chi connectivity index (χ2v) is 6.26. The summed E-state index contributed by atoms with van der Waals surface area (Å²) in [5.74, 6) is 0.511. The summed E-state index contributed by atoms with van der Waals surface area (Å²) in [6.45, 7) is 0.0864. The van der Waals surface area contributed by atoms with Crippen molar-refractivity contribution in [2.45, 2.75) is 6.04 Å². The number of anilines is 1. The first kappa shape index (κ1) is 17.5. The van der Waals surface area contributed by atoms with Crippen LogP contribution in [0.5, 0.6) is 0 Å². The molecular formula is C19H16Cl2N2O2. The summed E-state index contributed by atoms with van der Waals surface area (Å²) < 4.78 is 5.50. The molecule has 128 valence electrons. The Labute approximate surface area is 155 Å². The SMILES string of the molecule is O=C(CN[C@H](c1ccccc1)c1ccco1)Nc1cc(Cl)ccc1Cl. The number of carbonyl (C=O) groups is 1. The molecule has 2 aromatic carbocycles. The van der Waals surface area contributed by atoms with E-state index in [1.165, 1.54) is 0 Å². The Morgan fingerprint density at radius 3 is 2.56 bits per heavy atom. The number of benzene rings is 2. The Hall–Kier alpha value is -2.27. The first-order chi connectivity index (χ1) is 12.1. The van der Waals surface area contributed by atoms with Crippen LogP contribution in [0, 0.1) is 0 Å². The molecule has 0 aliphatic carbocycles. The van der Waals surface area contributed by atoms with Crippen molar-refractivity contribution in [3.63, 3.8) is 0 Å². The van der Waals surface area contributed by atoms with Gasteiger partial charge in [-0.15, -0.1) is 0 Å². The number of nitrogens with one attached hydrogen (secondary N) is 2. The van der Waals surface area contributed by atoms with E-state index in [0.29, 0.717) is 15.7 Å². The van der Waals surface area contributed by atoms with Crippen LogP contribution in [-0.4, -0.2) is 12.5 Å². The predicted octanol–water partition coefficient (Wildman–Crippen LogP) is 4.90. The Kier molecular flexibility index (Phi) is 5.76. The van der Waals surface area contributed by atoms with Crippen molar-refractivity contribution >= 4 is 34.8 Å². The zero-order chi connectivity index (χ0) is 17.6. The maximum atomic E-state index is 12.3. The van der Waals surface area contributed by atoms with E-state index in [1.807, 2.05) is 42.5 Å². The number of amides is 1. The van der Waals surface area contributed by atoms with Crippen LogP contribution >= 0.6 is 23.2 Å². The van der Waals surface area contributed by atoms with E-state index in [-0.39, 0.29) is 18.5 Å². The van der Waals surface area contributed by atoms with Crippen LogP contribution in [0.3, 0.4) is 0 Å². The third-order valence-electron chi connectivity index (χ3n) is 3.63. The van der Waals surface area contributed by atoms with Gasteiger partial charge in [0.2, 0.25) is 5.91 Å². The molecule has 1 amide bonds. The molecule has 0 spiro atoms. The first-order valence-corrected chi connectivity index (χ1v) is 8.46. The van der Waals surface area contributed by atoms with Crippen molar-refractivity contribution in [2.24, 2.45) is 0 Å². The van der Waals surface area contributed by atoms with Gasteiger partial charge in [0, 0.05) is 5.02 Å². The number of rotatable bonds is 6. The van der Waals surface area contributed by atoms with Crippen LogP contribution < -0.4 is 10.6 Å². The first-order valence-electron chi connectivity index (χ1n) is 7.70.